The molecule has 1 N–H and O–H groups in total. The van der Waals surface area contributed by atoms with Gasteiger partial charge in [-0.1, -0.05) is 29.5 Å². The fourth-order valence-corrected chi connectivity index (χ4v) is 3.16. The van der Waals surface area contributed by atoms with Gasteiger partial charge in [-0.2, -0.15) is 0 Å². The van der Waals surface area contributed by atoms with Crippen LogP contribution in [0.4, 0.5) is 5.69 Å². The van der Waals surface area contributed by atoms with Gasteiger partial charge in [0.25, 0.3) is 0 Å². The van der Waals surface area contributed by atoms with Crippen molar-refractivity contribution in [2.75, 3.05) is 10.7 Å². The molecule has 0 aliphatic heterocycles. The van der Waals surface area contributed by atoms with Crippen LogP contribution in [0.15, 0.2) is 23.8 Å². The lowest BCUT2D eigenvalue weighted by Gasteiger charge is -2.30. The number of anilines is 1. The number of amides is 1. The predicted molar refractivity (Wildman–Crippen MR) is 102 cm³/mol. The first kappa shape index (κ1) is 21.0. The van der Waals surface area contributed by atoms with Crippen molar-refractivity contribution >= 4 is 34.4 Å². The molecule has 136 valence electrons. The Kier molecular flexibility index (Phi) is 7.42. The molecule has 0 saturated carbocycles. The van der Waals surface area contributed by atoms with Crippen LogP contribution >= 0.6 is 11.8 Å². The number of nitrogens with zero attached hydrogens (tertiary/aromatic N) is 1. The molecule has 0 heterocycles. The Bertz CT molecular complexity index is 720. The van der Waals surface area contributed by atoms with Gasteiger partial charge in [0.1, 0.15) is 6.04 Å². The lowest BCUT2D eigenvalue weighted by Crippen LogP contribution is -2.45. The van der Waals surface area contributed by atoms with E-state index < -0.39 is 17.9 Å². The van der Waals surface area contributed by atoms with Crippen LogP contribution in [0.3, 0.4) is 0 Å². The van der Waals surface area contributed by atoms with Gasteiger partial charge in [0, 0.05) is 0 Å². The van der Waals surface area contributed by atoms with E-state index in [2.05, 4.69) is 0 Å². The summed E-state index contributed by atoms with van der Waals surface area (Å²) in [4.78, 5) is 37.4. The second kappa shape index (κ2) is 8.85. The number of carbonyl (C=O) groups excluding carboxylic acids is 2. The van der Waals surface area contributed by atoms with Crippen LogP contribution < -0.4 is 4.90 Å². The van der Waals surface area contributed by atoms with Crippen molar-refractivity contribution in [1.29, 1.82) is 0 Å². The molecule has 0 radical (unpaired) electrons. The smallest absolute Gasteiger partial charge is 0.326 e. The van der Waals surface area contributed by atoms with Gasteiger partial charge in [0.05, 0.1) is 11.4 Å². The number of hydrogen-bond donors (Lipinski definition) is 1. The first-order valence-corrected chi connectivity index (χ1v) is 8.98. The summed E-state index contributed by atoms with van der Waals surface area (Å²) in [5, 5.41) is 9.22. The highest BCUT2D eigenvalue weighted by atomic mass is 32.2. The van der Waals surface area contributed by atoms with Crippen molar-refractivity contribution in [3.8, 4) is 0 Å². The summed E-state index contributed by atoms with van der Waals surface area (Å²) in [6, 6.07) is 2.79. The monoisotopic (exact) mass is 363 g/mol. The Morgan fingerprint density at radius 3 is 2.24 bits per heavy atom. The summed E-state index contributed by atoms with van der Waals surface area (Å²) < 4.78 is 0. The van der Waals surface area contributed by atoms with Gasteiger partial charge < -0.3 is 5.11 Å². The maximum atomic E-state index is 12.8. The molecular weight excluding hydrogens is 338 g/mol. The maximum Gasteiger partial charge on any atom is 0.326 e. The second-order valence-electron chi connectivity index (χ2n) is 6.28. The SMILES string of the molecule is CC(C)=CC(=O)SCC(=O)N(c1c(C)ccc(C)c1C)C(C)C(=O)O. The quantitative estimate of drug-likeness (QED) is 0.781. The molecule has 1 atom stereocenters. The van der Waals surface area contributed by atoms with Gasteiger partial charge in [-0.25, -0.2) is 4.79 Å². The minimum Gasteiger partial charge on any atom is -0.480 e. The highest BCUT2D eigenvalue weighted by Crippen LogP contribution is 2.30. The molecule has 1 unspecified atom stereocenters. The average molecular weight is 363 g/mol. The molecule has 1 aromatic carbocycles. The molecule has 1 amide bonds. The van der Waals surface area contributed by atoms with E-state index in [1.807, 2.05) is 32.9 Å². The highest BCUT2D eigenvalue weighted by Gasteiger charge is 2.29. The zero-order chi connectivity index (χ0) is 19.3. The van der Waals surface area contributed by atoms with Crippen molar-refractivity contribution in [3.05, 3.63) is 40.5 Å². The van der Waals surface area contributed by atoms with E-state index >= 15 is 0 Å². The van der Waals surface area contributed by atoms with Crippen molar-refractivity contribution < 1.29 is 19.5 Å². The standard InChI is InChI=1S/C19H25NO4S/c1-11(2)9-17(22)25-10-16(21)20(15(6)19(23)24)18-13(4)8-7-12(3)14(18)5/h7-9,15H,10H2,1-6H3,(H,23,24). The number of rotatable bonds is 6. The minimum atomic E-state index is -1.09. The van der Waals surface area contributed by atoms with Crippen LogP contribution in [0.5, 0.6) is 0 Å². The first-order valence-electron chi connectivity index (χ1n) is 7.99. The number of carboxylic acid groups (broad SMARTS) is 1. The van der Waals surface area contributed by atoms with Crippen molar-refractivity contribution in [3.63, 3.8) is 0 Å². The zero-order valence-electron chi connectivity index (χ0n) is 15.5. The molecule has 6 heteroatoms. The molecule has 0 aliphatic carbocycles. The molecule has 1 rings (SSSR count). The number of aliphatic carboxylic acids is 1. The third-order valence-electron chi connectivity index (χ3n) is 3.90. The zero-order valence-corrected chi connectivity index (χ0v) is 16.4. The van der Waals surface area contributed by atoms with E-state index in [1.165, 1.54) is 17.9 Å². The Labute approximate surface area is 153 Å². The number of hydrogen-bond acceptors (Lipinski definition) is 4. The number of aryl methyl sites for hydroxylation is 2. The summed E-state index contributed by atoms with van der Waals surface area (Å²) in [5.41, 5.74) is 4.12. The van der Waals surface area contributed by atoms with Crippen molar-refractivity contribution in [2.24, 2.45) is 0 Å². The minimum absolute atomic E-state index is 0.104. The normalized spacial score (nSPS) is 11.6. The summed E-state index contributed by atoms with van der Waals surface area (Å²) in [6.07, 6.45) is 1.46. The van der Waals surface area contributed by atoms with E-state index in [1.54, 1.807) is 13.8 Å². The van der Waals surface area contributed by atoms with Gasteiger partial charge in [-0.3, -0.25) is 14.5 Å². The van der Waals surface area contributed by atoms with Gasteiger partial charge >= 0.3 is 5.97 Å². The number of benzene rings is 1. The van der Waals surface area contributed by atoms with Gasteiger partial charge in [0.2, 0.25) is 11.0 Å². The fourth-order valence-electron chi connectivity index (χ4n) is 2.43. The van der Waals surface area contributed by atoms with Crippen molar-refractivity contribution in [2.45, 2.75) is 47.6 Å². The molecule has 0 fully saturated rings. The molecule has 25 heavy (non-hydrogen) atoms. The van der Waals surface area contributed by atoms with Crippen molar-refractivity contribution in [1.82, 2.24) is 0 Å². The predicted octanol–water partition coefficient (Wildman–Crippen LogP) is 3.64. The maximum absolute atomic E-state index is 12.8. The van der Waals surface area contributed by atoms with E-state index in [4.69, 9.17) is 0 Å². The molecule has 0 aliphatic rings. The van der Waals surface area contributed by atoms with Gasteiger partial charge in [-0.05, 0) is 64.3 Å². The Hall–Kier alpha value is -2.08. The summed E-state index contributed by atoms with van der Waals surface area (Å²) in [6.45, 7) is 10.7. The third kappa shape index (κ3) is 5.46. The van der Waals surface area contributed by atoms with E-state index in [0.29, 0.717) is 5.69 Å². The van der Waals surface area contributed by atoms with E-state index in [-0.39, 0.29) is 10.9 Å². The molecule has 0 saturated heterocycles. The Morgan fingerprint density at radius 2 is 1.72 bits per heavy atom. The number of allylic oxidation sites excluding steroid dienone is 1. The van der Waals surface area contributed by atoms with Crippen LogP contribution in [0.2, 0.25) is 0 Å². The molecule has 1 aromatic rings. The number of carboxylic acids is 1. The lowest BCUT2D eigenvalue weighted by atomic mass is 10.0. The van der Waals surface area contributed by atoms with E-state index in [9.17, 15) is 19.5 Å². The lowest BCUT2D eigenvalue weighted by molar-refractivity contribution is -0.139. The van der Waals surface area contributed by atoms with Crippen LogP contribution in [0.25, 0.3) is 0 Å². The molecule has 0 spiro atoms. The van der Waals surface area contributed by atoms with Crippen LogP contribution in [0, 0.1) is 20.8 Å². The molecule has 5 nitrogen and oxygen atoms in total. The average Bonchev–Trinajstić information content (AvgIpc) is 2.51. The number of thioether (sulfide) groups is 1. The van der Waals surface area contributed by atoms with Crippen LogP contribution in [0.1, 0.15) is 37.5 Å². The molecule has 0 bridgehead atoms. The second-order valence-corrected chi connectivity index (χ2v) is 7.26. The Morgan fingerprint density at radius 1 is 1.16 bits per heavy atom. The fraction of sp³-hybridized carbons (Fsp3) is 0.421. The van der Waals surface area contributed by atoms with Crippen LogP contribution in [-0.4, -0.2) is 33.9 Å². The summed E-state index contributed by atoms with van der Waals surface area (Å²) in [7, 11) is 0. The topological polar surface area (TPSA) is 74.7 Å². The summed E-state index contributed by atoms with van der Waals surface area (Å²) >= 11 is 0.881. The largest absolute Gasteiger partial charge is 0.480 e. The Balaban J connectivity index is 3.21. The third-order valence-corrected chi connectivity index (χ3v) is 4.70. The first-order chi connectivity index (χ1) is 11.6. The number of carbonyl (C=O) groups is 3. The van der Waals surface area contributed by atoms with Gasteiger partial charge in [0.15, 0.2) is 0 Å². The summed E-state index contributed by atoms with van der Waals surface area (Å²) in [5.74, 6) is -1.59. The molecular formula is C19H25NO4S. The van der Waals surface area contributed by atoms with Crippen LogP contribution in [-0.2, 0) is 14.4 Å². The van der Waals surface area contributed by atoms with E-state index in [0.717, 1.165) is 34.0 Å². The van der Waals surface area contributed by atoms with Gasteiger partial charge in [-0.15, -0.1) is 0 Å². The highest BCUT2D eigenvalue weighted by molar-refractivity contribution is 8.14. The molecule has 0 aromatic heterocycles.